The van der Waals surface area contributed by atoms with E-state index < -0.39 is 0 Å². The van der Waals surface area contributed by atoms with Gasteiger partial charge in [0.15, 0.2) is 0 Å². The molecule has 0 amide bonds. The average molecular weight is 285 g/mol. The van der Waals surface area contributed by atoms with Crippen molar-refractivity contribution in [2.24, 2.45) is 17.3 Å². The Morgan fingerprint density at radius 1 is 0.762 bits per heavy atom. The van der Waals surface area contributed by atoms with E-state index in [-0.39, 0.29) is 0 Å². The van der Waals surface area contributed by atoms with E-state index in [0.717, 1.165) is 11.8 Å². The van der Waals surface area contributed by atoms with Crippen LogP contribution in [-0.4, -0.2) is 0 Å². The van der Waals surface area contributed by atoms with Crippen LogP contribution in [0.3, 0.4) is 0 Å². The average Bonchev–Trinajstić information content (AvgIpc) is 3.03. The lowest BCUT2D eigenvalue weighted by molar-refractivity contribution is 0.0648. The summed E-state index contributed by atoms with van der Waals surface area (Å²) in [6, 6.07) is 0. The summed E-state index contributed by atoms with van der Waals surface area (Å²) in [6.45, 7) is 0. The molecule has 0 heteroatoms. The molecule has 0 aliphatic heterocycles. The highest BCUT2D eigenvalue weighted by molar-refractivity contribution is 5.36. The Balaban J connectivity index is 1.62. The highest BCUT2D eigenvalue weighted by Gasteiger charge is 2.56. The molecule has 21 heavy (non-hydrogen) atoms. The predicted molar refractivity (Wildman–Crippen MR) is 90.0 cm³/mol. The summed E-state index contributed by atoms with van der Waals surface area (Å²) in [5.74, 6) is 4.10. The smallest absolute Gasteiger partial charge is 0.000508 e. The molecule has 0 aromatic rings. The van der Waals surface area contributed by atoms with Gasteiger partial charge in [-0.15, -0.1) is 0 Å². The quantitative estimate of drug-likeness (QED) is 0.512. The summed E-state index contributed by atoms with van der Waals surface area (Å²) in [4.78, 5) is 0. The van der Waals surface area contributed by atoms with Crippen molar-refractivity contribution in [1.29, 1.82) is 0 Å². The highest BCUT2D eigenvalue weighted by Crippen LogP contribution is 2.66. The Bertz CT molecular complexity index is 381. The van der Waals surface area contributed by atoms with Crippen molar-refractivity contribution in [3.05, 3.63) is 17.6 Å². The van der Waals surface area contributed by atoms with Crippen LogP contribution in [0.1, 0.15) is 96.3 Å². The fraction of sp³-hybridized carbons (Fsp3) is 0.857. The third-order valence-electron chi connectivity index (χ3n) is 7.38. The molecule has 0 bridgehead atoms. The summed E-state index contributed by atoms with van der Waals surface area (Å²) in [5.41, 5.74) is 2.55. The van der Waals surface area contributed by atoms with Crippen molar-refractivity contribution in [3.8, 4) is 0 Å². The number of rotatable bonds is 3. The topological polar surface area (TPSA) is 0 Å². The molecule has 0 heterocycles. The molecule has 3 fully saturated rings. The van der Waals surface area contributed by atoms with Gasteiger partial charge in [-0.1, -0.05) is 43.8 Å². The van der Waals surface area contributed by atoms with E-state index in [9.17, 15) is 0 Å². The largest absolute Gasteiger partial charge is 0.0847 e. The standard InChI is InChI=1S/C21H33/c1-3-11-18(12-4-1)21(19-13-5-2-6-14-19)16-15-20(21)17-9-7-8-10-17/h11,17,19H,1-10,12-16H2. The van der Waals surface area contributed by atoms with Crippen LogP contribution in [0.25, 0.3) is 0 Å². The fourth-order valence-electron chi connectivity index (χ4n) is 6.32. The Morgan fingerprint density at radius 2 is 1.52 bits per heavy atom. The maximum atomic E-state index is 2.70. The second kappa shape index (κ2) is 6.09. The normalized spacial score (nSPS) is 36.5. The first-order valence-electron chi connectivity index (χ1n) is 9.97. The van der Waals surface area contributed by atoms with E-state index in [1.54, 1.807) is 0 Å². The maximum absolute atomic E-state index is 2.70. The third kappa shape index (κ3) is 2.41. The van der Waals surface area contributed by atoms with Gasteiger partial charge in [0.05, 0.1) is 0 Å². The van der Waals surface area contributed by atoms with Crippen LogP contribution in [-0.2, 0) is 0 Å². The molecular weight excluding hydrogens is 252 g/mol. The molecule has 0 spiro atoms. The number of hydrogen-bond acceptors (Lipinski definition) is 0. The molecule has 0 nitrogen and oxygen atoms in total. The van der Waals surface area contributed by atoms with Crippen LogP contribution in [0.5, 0.6) is 0 Å². The Kier molecular flexibility index (Phi) is 4.16. The maximum Gasteiger partial charge on any atom is 0.000508 e. The zero-order valence-corrected chi connectivity index (χ0v) is 13.8. The van der Waals surface area contributed by atoms with Crippen LogP contribution in [0, 0.1) is 23.2 Å². The van der Waals surface area contributed by atoms with Crippen molar-refractivity contribution in [3.63, 3.8) is 0 Å². The van der Waals surface area contributed by atoms with Crippen molar-refractivity contribution >= 4 is 0 Å². The minimum Gasteiger partial charge on any atom is -0.0847 e. The molecule has 4 aliphatic rings. The SMILES string of the molecule is C1=C(C2(C3CCCCC3)CC[C]2C2CCCC2)CCCC1. The van der Waals surface area contributed by atoms with Gasteiger partial charge in [-0.05, 0) is 82.0 Å². The van der Waals surface area contributed by atoms with E-state index in [0.29, 0.717) is 5.41 Å². The molecule has 1 radical (unpaired) electrons. The van der Waals surface area contributed by atoms with Gasteiger partial charge >= 0.3 is 0 Å². The Morgan fingerprint density at radius 3 is 2.14 bits per heavy atom. The zero-order chi connectivity index (χ0) is 14.1. The summed E-state index contributed by atoms with van der Waals surface area (Å²) in [5, 5.41) is 0. The third-order valence-corrected chi connectivity index (χ3v) is 7.38. The number of hydrogen-bond donors (Lipinski definition) is 0. The van der Waals surface area contributed by atoms with Crippen LogP contribution < -0.4 is 0 Å². The van der Waals surface area contributed by atoms with Crippen LogP contribution in [0.15, 0.2) is 11.6 Å². The van der Waals surface area contributed by atoms with Crippen LogP contribution >= 0.6 is 0 Å². The van der Waals surface area contributed by atoms with Crippen molar-refractivity contribution < 1.29 is 0 Å². The van der Waals surface area contributed by atoms with E-state index in [2.05, 4.69) is 12.0 Å². The first kappa shape index (κ1) is 14.3. The molecule has 0 aromatic carbocycles. The van der Waals surface area contributed by atoms with E-state index >= 15 is 0 Å². The molecule has 1 atom stereocenters. The van der Waals surface area contributed by atoms with Gasteiger partial charge in [0.1, 0.15) is 0 Å². The van der Waals surface area contributed by atoms with E-state index in [1.807, 2.05) is 5.57 Å². The fourth-order valence-corrected chi connectivity index (χ4v) is 6.32. The van der Waals surface area contributed by atoms with Gasteiger partial charge < -0.3 is 0 Å². The minimum atomic E-state index is 0.621. The van der Waals surface area contributed by atoms with Gasteiger partial charge in [-0.3, -0.25) is 0 Å². The predicted octanol–water partition coefficient (Wildman–Crippen LogP) is 6.61. The van der Waals surface area contributed by atoms with Crippen LogP contribution in [0.4, 0.5) is 0 Å². The second-order valence-corrected chi connectivity index (χ2v) is 8.29. The second-order valence-electron chi connectivity index (χ2n) is 8.29. The van der Waals surface area contributed by atoms with Gasteiger partial charge in [0, 0.05) is 5.41 Å². The highest BCUT2D eigenvalue weighted by atomic mass is 14.6. The molecular formula is C21H33. The van der Waals surface area contributed by atoms with Crippen molar-refractivity contribution in [2.45, 2.75) is 96.3 Å². The molecule has 0 aromatic heterocycles. The molecule has 4 aliphatic carbocycles. The molecule has 1 unspecified atom stereocenters. The van der Waals surface area contributed by atoms with Gasteiger partial charge in [0.2, 0.25) is 0 Å². The summed E-state index contributed by atoms with van der Waals surface area (Å²) in [7, 11) is 0. The van der Waals surface area contributed by atoms with Crippen LogP contribution in [0.2, 0.25) is 0 Å². The van der Waals surface area contributed by atoms with Gasteiger partial charge in [-0.25, -0.2) is 0 Å². The molecule has 4 rings (SSSR count). The van der Waals surface area contributed by atoms with Gasteiger partial charge in [-0.2, -0.15) is 0 Å². The zero-order valence-electron chi connectivity index (χ0n) is 13.8. The molecule has 0 N–H and O–H groups in total. The number of allylic oxidation sites excluding steroid dienone is 2. The lowest BCUT2D eigenvalue weighted by Crippen LogP contribution is -2.49. The first-order chi connectivity index (χ1) is 10.4. The first-order valence-corrected chi connectivity index (χ1v) is 9.97. The minimum absolute atomic E-state index is 0.621. The van der Waals surface area contributed by atoms with E-state index in [4.69, 9.17) is 0 Å². The van der Waals surface area contributed by atoms with Crippen molar-refractivity contribution in [2.75, 3.05) is 0 Å². The summed E-state index contributed by atoms with van der Waals surface area (Å²) < 4.78 is 0. The summed E-state index contributed by atoms with van der Waals surface area (Å²) in [6.07, 6.45) is 25.1. The lowest BCUT2D eigenvalue weighted by atomic mass is 9.45. The summed E-state index contributed by atoms with van der Waals surface area (Å²) >= 11 is 0. The molecule has 3 saturated carbocycles. The monoisotopic (exact) mass is 285 g/mol. The molecule has 0 saturated heterocycles. The Hall–Kier alpha value is -0.260. The molecule has 117 valence electrons. The van der Waals surface area contributed by atoms with Gasteiger partial charge in [0.25, 0.3) is 0 Å². The lowest BCUT2D eigenvalue weighted by Gasteiger charge is -2.59. The van der Waals surface area contributed by atoms with Crippen molar-refractivity contribution in [1.82, 2.24) is 0 Å². The van der Waals surface area contributed by atoms with E-state index in [1.165, 1.54) is 96.3 Å². The Labute approximate surface area is 131 Å².